The Hall–Kier alpha value is -5.92. The van der Waals surface area contributed by atoms with E-state index >= 15 is 0 Å². The smallest absolute Gasteiger partial charge is 0.0468 e. The Balaban J connectivity index is 1.21. The Morgan fingerprint density at radius 3 is 1.36 bits per heavy atom. The van der Waals surface area contributed by atoms with Crippen molar-refractivity contribution in [3.63, 3.8) is 0 Å². The molecule has 0 aliphatic heterocycles. The average Bonchev–Trinajstić information content (AvgIpc) is 3.42. The monoisotopic (exact) mass is 569 g/mol. The van der Waals surface area contributed by atoms with Crippen LogP contribution in [0.3, 0.4) is 0 Å². The second-order valence-corrected chi connectivity index (χ2v) is 12.2. The Labute approximate surface area is 261 Å². The molecular formula is C44H27N. The molecule has 0 atom stereocenters. The minimum Gasteiger partial charge on any atom is -0.310 e. The molecule has 1 aliphatic rings. The fourth-order valence-corrected chi connectivity index (χ4v) is 7.65. The molecule has 0 fully saturated rings. The number of hydrogen-bond donors (Lipinski definition) is 0. The van der Waals surface area contributed by atoms with Crippen molar-refractivity contribution in [1.82, 2.24) is 0 Å². The minimum atomic E-state index is 1.14. The summed E-state index contributed by atoms with van der Waals surface area (Å²) >= 11 is 0. The molecule has 1 heteroatoms. The van der Waals surface area contributed by atoms with Gasteiger partial charge >= 0.3 is 0 Å². The van der Waals surface area contributed by atoms with Crippen LogP contribution in [0.1, 0.15) is 0 Å². The van der Waals surface area contributed by atoms with Gasteiger partial charge in [0.25, 0.3) is 0 Å². The highest BCUT2D eigenvalue weighted by Gasteiger charge is 2.23. The second-order valence-electron chi connectivity index (χ2n) is 12.2. The quantitative estimate of drug-likeness (QED) is 0.191. The van der Waals surface area contributed by atoms with Gasteiger partial charge in [-0.2, -0.15) is 0 Å². The standard InChI is InChI=1S/C44H27N/c1-3-11-36-28(7-1)15-17-31-25-33(19-22-38(31)36)45(34-20-23-39-32(26-34)18-16-29-8-2-4-12-37(29)39)35-21-24-40-41-13-5-9-30-10-6-14-42(44(30)41)43(40)27-35/h1-27H. The van der Waals surface area contributed by atoms with Crippen LogP contribution in [-0.4, -0.2) is 0 Å². The van der Waals surface area contributed by atoms with Crippen LogP contribution < -0.4 is 4.90 Å². The lowest BCUT2D eigenvalue weighted by Gasteiger charge is -2.27. The fourth-order valence-electron chi connectivity index (χ4n) is 7.65. The summed E-state index contributed by atoms with van der Waals surface area (Å²) < 4.78 is 0. The molecule has 0 saturated carbocycles. The van der Waals surface area contributed by atoms with Crippen molar-refractivity contribution in [3.8, 4) is 22.3 Å². The summed E-state index contributed by atoms with van der Waals surface area (Å²) in [7, 11) is 0. The maximum absolute atomic E-state index is 2.42. The topological polar surface area (TPSA) is 3.24 Å². The molecule has 0 bridgehead atoms. The van der Waals surface area contributed by atoms with Gasteiger partial charge in [-0.1, -0.05) is 127 Å². The van der Waals surface area contributed by atoms with E-state index in [-0.39, 0.29) is 0 Å². The summed E-state index contributed by atoms with van der Waals surface area (Å²) in [6, 6.07) is 60.4. The van der Waals surface area contributed by atoms with Gasteiger partial charge in [0.05, 0.1) is 0 Å². The Morgan fingerprint density at radius 1 is 0.267 bits per heavy atom. The number of anilines is 3. The first-order valence-electron chi connectivity index (χ1n) is 15.6. The highest BCUT2D eigenvalue weighted by molar-refractivity contribution is 6.16. The lowest BCUT2D eigenvalue weighted by atomic mass is 9.99. The van der Waals surface area contributed by atoms with Crippen LogP contribution in [0.4, 0.5) is 17.1 Å². The third-order valence-electron chi connectivity index (χ3n) is 9.72. The molecule has 0 aromatic heterocycles. The van der Waals surface area contributed by atoms with Crippen molar-refractivity contribution in [2.75, 3.05) is 4.90 Å². The molecule has 0 amide bonds. The molecule has 0 spiro atoms. The summed E-state index contributed by atoms with van der Waals surface area (Å²) in [5.74, 6) is 0. The number of benzene rings is 9. The Morgan fingerprint density at radius 2 is 0.733 bits per heavy atom. The second kappa shape index (κ2) is 9.29. The van der Waals surface area contributed by atoms with Gasteiger partial charge in [-0.3, -0.25) is 0 Å². The molecule has 9 aromatic carbocycles. The highest BCUT2D eigenvalue weighted by atomic mass is 15.1. The van der Waals surface area contributed by atoms with E-state index in [1.54, 1.807) is 0 Å². The predicted molar refractivity (Wildman–Crippen MR) is 193 cm³/mol. The van der Waals surface area contributed by atoms with E-state index in [4.69, 9.17) is 0 Å². The highest BCUT2D eigenvalue weighted by Crippen LogP contribution is 2.49. The van der Waals surface area contributed by atoms with Gasteiger partial charge in [0.15, 0.2) is 0 Å². The lowest BCUT2D eigenvalue weighted by Crippen LogP contribution is -2.10. The Kier molecular flexibility index (Phi) is 5.06. The van der Waals surface area contributed by atoms with Gasteiger partial charge in [-0.05, 0) is 113 Å². The maximum Gasteiger partial charge on any atom is 0.0468 e. The minimum absolute atomic E-state index is 1.14. The molecule has 0 unspecified atom stereocenters. The van der Waals surface area contributed by atoms with Crippen molar-refractivity contribution in [1.29, 1.82) is 0 Å². The summed E-state index contributed by atoms with van der Waals surface area (Å²) in [5, 5.41) is 12.8. The number of hydrogen-bond acceptors (Lipinski definition) is 1. The van der Waals surface area contributed by atoms with E-state index in [1.165, 1.54) is 76.1 Å². The normalized spacial score (nSPS) is 12.0. The van der Waals surface area contributed by atoms with Gasteiger partial charge in [0.2, 0.25) is 0 Å². The van der Waals surface area contributed by atoms with Gasteiger partial charge in [-0.15, -0.1) is 0 Å². The average molecular weight is 570 g/mol. The van der Waals surface area contributed by atoms with Gasteiger partial charge < -0.3 is 4.90 Å². The first kappa shape index (κ1) is 24.5. The van der Waals surface area contributed by atoms with Crippen LogP contribution in [-0.2, 0) is 0 Å². The predicted octanol–water partition coefficient (Wildman–Crippen LogP) is 12.6. The SMILES string of the molecule is c1cc2c3c(cccc3c1)-c1cc(N(c3ccc4c(ccc5ccccc54)c3)c3ccc4c(ccc5ccccc54)c3)ccc1-2. The third kappa shape index (κ3) is 3.62. The fraction of sp³-hybridized carbons (Fsp3) is 0. The van der Waals surface area contributed by atoms with Crippen molar-refractivity contribution in [2.24, 2.45) is 0 Å². The molecule has 0 heterocycles. The molecule has 0 saturated heterocycles. The van der Waals surface area contributed by atoms with Crippen molar-refractivity contribution in [3.05, 3.63) is 164 Å². The summed E-state index contributed by atoms with van der Waals surface area (Å²) in [4.78, 5) is 2.42. The largest absolute Gasteiger partial charge is 0.310 e. The van der Waals surface area contributed by atoms with Crippen molar-refractivity contribution in [2.45, 2.75) is 0 Å². The molecule has 45 heavy (non-hydrogen) atoms. The van der Waals surface area contributed by atoms with E-state index in [9.17, 15) is 0 Å². The van der Waals surface area contributed by atoms with E-state index in [1.807, 2.05) is 0 Å². The molecular weight excluding hydrogens is 542 g/mol. The van der Waals surface area contributed by atoms with Gasteiger partial charge in [-0.25, -0.2) is 0 Å². The molecule has 0 radical (unpaired) electrons. The molecule has 9 aromatic rings. The van der Waals surface area contributed by atoms with Crippen LogP contribution in [0.2, 0.25) is 0 Å². The first-order chi connectivity index (χ1) is 22.3. The number of nitrogens with zero attached hydrogens (tertiary/aromatic N) is 1. The molecule has 10 rings (SSSR count). The van der Waals surface area contributed by atoms with E-state index < -0.39 is 0 Å². The summed E-state index contributed by atoms with van der Waals surface area (Å²) in [6.07, 6.45) is 0. The van der Waals surface area contributed by atoms with Crippen LogP contribution >= 0.6 is 0 Å². The van der Waals surface area contributed by atoms with Crippen LogP contribution in [0, 0.1) is 0 Å². The van der Waals surface area contributed by atoms with Gasteiger partial charge in [0, 0.05) is 17.1 Å². The Bertz CT molecular complexity index is 2540. The van der Waals surface area contributed by atoms with Crippen LogP contribution in [0.25, 0.3) is 76.1 Å². The molecule has 1 aliphatic carbocycles. The summed E-state index contributed by atoms with van der Waals surface area (Å²) in [6.45, 7) is 0. The van der Waals surface area contributed by atoms with E-state index in [0.717, 1.165) is 17.1 Å². The van der Waals surface area contributed by atoms with E-state index in [0.29, 0.717) is 0 Å². The zero-order valence-electron chi connectivity index (χ0n) is 24.5. The number of fused-ring (bicyclic) bond motifs is 9. The van der Waals surface area contributed by atoms with Crippen molar-refractivity contribution < 1.29 is 0 Å². The van der Waals surface area contributed by atoms with Crippen LogP contribution in [0.15, 0.2) is 164 Å². The van der Waals surface area contributed by atoms with Gasteiger partial charge in [0.1, 0.15) is 0 Å². The zero-order chi connectivity index (χ0) is 29.5. The molecule has 208 valence electrons. The van der Waals surface area contributed by atoms with Crippen molar-refractivity contribution >= 4 is 70.9 Å². The molecule has 1 nitrogen and oxygen atoms in total. The summed E-state index contributed by atoms with van der Waals surface area (Å²) in [5.41, 5.74) is 8.68. The maximum atomic E-state index is 2.42. The molecule has 0 N–H and O–H groups in total. The number of rotatable bonds is 3. The zero-order valence-corrected chi connectivity index (χ0v) is 24.5. The third-order valence-corrected chi connectivity index (χ3v) is 9.72. The first-order valence-corrected chi connectivity index (χ1v) is 15.6. The van der Waals surface area contributed by atoms with Crippen LogP contribution in [0.5, 0.6) is 0 Å². The van der Waals surface area contributed by atoms with E-state index in [2.05, 4.69) is 169 Å². The lowest BCUT2D eigenvalue weighted by molar-refractivity contribution is 1.30.